The van der Waals surface area contributed by atoms with Crippen molar-refractivity contribution >= 4 is 17.7 Å². The highest BCUT2D eigenvalue weighted by Gasteiger charge is 2.08. The summed E-state index contributed by atoms with van der Waals surface area (Å²) in [5.41, 5.74) is 0.940. The van der Waals surface area contributed by atoms with Crippen LogP contribution in [0.3, 0.4) is 0 Å². The Balaban J connectivity index is 2.21. The zero-order chi connectivity index (χ0) is 13.7. The Morgan fingerprint density at radius 2 is 2.11 bits per heavy atom. The first-order valence-corrected chi connectivity index (χ1v) is 7.02. The van der Waals surface area contributed by atoms with Crippen molar-refractivity contribution in [3.05, 3.63) is 41.8 Å². The zero-order valence-corrected chi connectivity index (χ0v) is 11.8. The second-order valence-corrected chi connectivity index (χ2v) is 5.17. The summed E-state index contributed by atoms with van der Waals surface area (Å²) in [4.78, 5) is 9.21. The van der Waals surface area contributed by atoms with Crippen LogP contribution in [0.25, 0.3) is 0 Å². The zero-order valence-electron chi connectivity index (χ0n) is 11.0. The molecule has 0 fully saturated rings. The molecule has 1 heterocycles. The van der Waals surface area contributed by atoms with Gasteiger partial charge in [0.1, 0.15) is 10.8 Å². The number of nitrogens with zero attached hydrogens (tertiary/aromatic N) is 2. The second-order valence-electron chi connectivity index (χ2n) is 4.14. The first kappa shape index (κ1) is 13.8. The number of halogens is 1. The highest BCUT2D eigenvalue weighted by atomic mass is 32.2. The number of anilines is 1. The van der Waals surface area contributed by atoms with Crippen molar-refractivity contribution in [3.8, 4) is 0 Å². The Morgan fingerprint density at radius 1 is 1.32 bits per heavy atom. The summed E-state index contributed by atoms with van der Waals surface area (Å²) in [6.45, 7) is 4.83. The molecule has 2 rings (SSSR count). The summed E-state index contributed by atoms with van der Waals surface area (Å²) in [6, 6.07) is 6.70. The third-order valence-corrected chi connectivity index (χ3v) is 3.66. The molecule has 5 heteroatoms. The maximum absolute atomic E-state index is 13.6. The summed E-state index contributed by atoms with van der Waals surface area (Å²) in [7, 11) is 0. The summed E-state index contributed by atoms with van der Waals surface area (Å²) in [6.07, 6.45) is 2.77. The van der Waals surface area contributed by atoms with Crippen LogP contribution < -0.4 is 5.32 Å². The van der Waals surface area contributed by atoms with Crippen molar-refractivity contribution in [2.24, 2.45) is 0 Å². The van der Waals surface area contributed by atoms with Crippen molar-refractivity contribution in [2.45, 2.75) is 30.2 Å². The lowest BCUT2D eigenvalue weighted by molar-refractivity contribution is 0.602. The van der Waals surface area contributed by atoms with Crippen molar-refractivity contribution < 1.29 is 4.39 Å². The van der Waals surface area contributed by atoms with Gasteiger partial charge in [-0.05, 0) is 25.5 Å². The standard InChI is InChI=1S/C14H16FN3S/c1-3-8-16-14-17-9-10(2)13(18-14)19-12-7-5-4-6-11(12)15/h4-7,9H,3,8H2,1-2H3,(H,16,17,18). The molecule has 100 valence electrons. The molecule has 0 saturated heterocycles. The van der Waals surface area contributed by atoms with Gasteiger partial charge in [0, 0.05) is 23.2 Å². The van der Waals surface area contributed by atoms with Crippen LogP contribution in [0.5, 0.6) is 0 Å². The van der Waals surface area contributed by atoms with Crippen molar-refractivity contribution in [2.75, 3.05) is 11.9 Å². The van der Waals surface area contributed by atoms with E-state index in [0.29, 0.717) is 10.8 Å². The minimum Gasteiger partial charge on any atom is -0.354 e. The van der Waals surface area contributed by atoms with Gasteiger partial charge in [-0.2, -0.15) is 0 Å². The lowest BCUT2D eigenvalue weighted by Gasteiger charge is -2.08. The van der Waals surface area contributed by atoms with E-state index in [1.807, 2.05) is 13.0 Å². The van der Waals surface area contributed by atoms with Crippen LogP contribution in [0.2, 0.25) is 0 Å². The van der Waals surface area contributed by atoms with Gasteiger partial charge in [0.15, 0.2) is 0 Å². The molecule has 1 aromatic carbocycles. The fraction of sp³-hybridized carbons (Fsp3) is 0.286. The van der Waals surface area contributed by atoms with Gasteiger partial charge in [-0.25, -0.2) is 14.4 Å². The van der Waals surface area contributed by atoms with E-state index >= 15 is 0 Å². The average molecular weight is 277 g/mol. The maximum atomic E-state index is 13.6. The van der Waals surface area contributed by atoms with E-state index in [2.05, 4.69) is 22.2 Å². The van der Waals surface area contributed by atoms with Crippen molar-refractivity contribution in [3.63, 3.8) is 0 Å². The van der Waals surface area contributed by atoms with Gasteiger partial charge >= 0.3 is 0 Å². The molecule has 2 aromatic rings. The Bertz CT molecular complexity index is 560. The molecule has 0 radical (unpaired) electrons. The van der Waals surface area contributed by atoms with Gasteiger partial charge in [-0.3, -0.25) is 0 Å². The summed E-state index contributed by atoms with van der Waals surface area (Å²) >= 11 is 1.32. The Morgan fingerprint density at radius 3 is 2.84 bits per heavy atom. The van der Waals surface area contributed by atoms with E-state index in [0.717, 1.165) is 23.6 Å². The monoisotopic (exact) mass is 277 g/mol. The van der Waals surface area contributed by atoms with Crippen LogP contribution in [-0.2, 0) is 0 Å². The van der Waals surface area contributed by atoms with Gasteiger partial charge < -0.3 is 5.32 Å². The lowest BCUT2D eigenvalue weighted by Crippen LogP contribution is -2.05. The molecule has 3 nitrogen and oxygen atoms in total. The van der Waals surface area contributed by atoms with Crippen LogP contribution >= 0.6 is 11.8 Å². The number of aromatic nitrogens is 2. The van der Waals surface area contributed by atoms with Crippen molar-refractivity contribution in [1.82, 2.24) is 9.97 Å². The van der Waals surface area contributed by atoms with E-state index in [4.69, 9.17) is 0 Å². The highest BCUT2D eigenvalue weighted by molar-refractivity contribution is 7.99. The normalized spacial score (nSPS) is 10.5. The average Bonchev–Trinajstić information content (AvgIpc) is 2.42. The number of aryl methyl sites for hydroxylation is 1. The topological polar surface area (TPSA) is 37.8 Å². The quantitative estimate of drug-likeness (QED) is 0.841. The van der Waals surface area contributed by atoms with Gasteiger partial charge in [0.2, 0.25) is 5.95 Å². The first-order chi connectivity index (χ1) is 9.20. The van der Waals surface area contributed by atoms with Gasteiger partial charge in [0.05, 0.1) is 0 Å². The number of hydrogen-bond donors (Lipinski definition) is 1. The van der Waals surface area contributed by atoms with E-state index < -0.39 is 0 Å². The van der Waals surface area contributed by atoms with E-state index in [1.165, 1.54) is 17.8 Å². The van der Waals surface area contributed by atoms with Crippen LogP contribution in [0, 0.1) is 12.7 Å². The minimum absolute atomic E-state index is 0.228. The fourth-order valence-electron chi connectivity index (χ4n) is 1.48. The van der Waals surface area contributed by atoms with Gasteiger partial charge in [-0.1, -0.05) is 30.8 Å². The molecule has 0 aliphatic rings. The predicted molar refractivity (Wildman–Crippen MR) is 76.1 cm³/mol. The van der Waals surface area contributed by atoms with Crippen LogP contribution in [0.15, 0.2) is 40.4 Å². The molecule has 0 atom stereocenters. The van der Waals surface area contributed by atoms with Gasteiger partial charge in [0.25, 0.3) is 0 Å². The first-order valence-electron chi connectivity index (χ1n) is 6.20. The molecule has 1 N–H and O–H groups in total. The Labute approximate surface area is 116 Å². The van der Waals surface area contributed by atoms with E-state index in [1.54, 1.807) is 18.3 Å². The maximum Gasteiger partial charge on any atom is 0.223 e. The summed E-state index contributed by atoms with van der Waals surface area (Å²) in [5.74, 6) is 0.361. The molecule has 0 bridgehead atoms. The highest BCUT2D eigenvalue weighted by Crippen LogP contribution is 2.30. The molecule has 0 aliphatic heterocycles. The smallest absolute Gasteiger partial charge is 0.223 e. The molecule has 0 amide bonds. The Hall–Kier alpha value is -1.62. The van der Waals surface area contributed by atoms with Crippen LogP contribution in [0.4, 0.5) is 10.3 Å². The SMILES string of the molecule is CCCNc1ncc(C)c(Sc2ccccc2F)n1. The summed E-state index contributed by atoms with van der Waals surface area (Å²) in [5, 5.41) is 3.91. The number of benzene rings is 1. The largest absolute Gasteiger partial charge is 0.354 e. The fourth-order valence-corrected chi connectivity index (χ4v) is 2.35. The molecular weight excluding hydrogens is 261 g/mol. The van der Waals surface area contributed by atoms with Gasteiger partial charge in [-0.15, -0.1) is 0 Å². The van der Waals surface area contributed by atoms with Crippen molar-refractivity contribution in [1.29, 1.82) is 0 Å². The molecule has 0 unspecified atom stereocenters. The third kappa shape index (κ3) is 3.67. The van der Waals surface area contributed by atoms with E-state index in [-0.39, 0.29) is 5.82 Å². The molecule has 0 aliphatic carbocycles. The molecule has 1 aromatic heterocycles. The predicted octanol–water partition coefficient (Wildman–Crippen LogP) is 3.90. The van der Waals surface area contributed by atoms with E-state index in [9.17, 15) is 4.39 Å². The molecule has 0 saturated carbocycles. The lowest BCUT2D eigenvalue weighted by atomic mass is 10.3. The number of nitrogens with one attached hydrogen (secondary N) is 1. The second kappa shape index (κ2) is 6.52. The third-order valence-electron chi connectivity index (χ3n) is 2.50. The number of hydrogen-bond acceptors (Lipinski definition) is 4. The Kier molecular flexibility index (Phi) is 4.74. The minimum atomic E-state index is -0.228. The molecule has 19 heavy (non-hydrogen) atoms. The van der Waals surface area contributed by atoms with Crippen LogP contribution in [-0.4, -0.2) is 16.5 Å². The number of rotatable bonds is 5. The molecule has 0 spiro atoms. The van der Waals surface area contributed by atoms with Crippen LogP contribution in [0.1, 0.15) is 18.9 Å². The summed E-state index contributed by atoms with van der Waals surface area (Å²) < 4.78 is 13.6. The molecular formula is C14H16FN3S.